The summed E-state index contributed by atoms with van der Waals surface area (Å²) in [7, 11) is 1.63. The number of carbonyl (C=O) groups is 1. The van der Waals surface area contributed by atoms with Crippen molar-refractivity contribution in [3.8, 4) is 5.75 Å². The molecule has 0 aliphatic carbocycles. The minimum Gasteiger partial charge on any atom is -0.497 e. The number of nitrogens with zero attached hydrogens (tertiary/aromatic N) is 1. The summed E-state index contributed by atoms with van der Waals surface area (Å²) in [5.41, 5.74) is 0.792. The van der Waals surface area contributed by atoms with Crippen LogP contribution in [-0.2, 0) is 4.79 Å². The third-order valence-corrected chi connectivity index (χ3v) is 3.91. The molecule has 2 N–H and O–H groups in total. The van der Waals surface area contributed by atoms with E-state index in [1.165, 1.54) is 13.0 Å². The van der Waals surface area contributed by atoms with Crippen LogP contribution < -0.4 is 15.4 Å². The second kappa shape index (κ2) is 8.00. The Kier molecular flexibility index (Phi) is 6.02. The van der Waals surface area contributed by atoms with Crippen LogP contribution in [0.4, 0.5) is 5.69 Å². The van der Waals surface area contributed by atoms with Crippen LogP contribution in [-0.4, -0.2) is 50.6 Å². The molecule has 1 aliphatic rings. The van der Waals surface area contributed by atoms with Crippen LogP contribution in [0.25, 0.3) is 0 Å². The fraction of sp³-hybridized carbons (Fsp3) is 0.562. The van der Waals surface area contributed by atoms with Crippen LogP contribution in [0.1, 0.15) is 13.3 Å². The van der Waals surface area contributed by atoms with E-state index < -0.39 is 0 Å². The number of benzene rings is 1. The number of carbonyl (C=O) groups excluding carboxylic acids is 1. The van der Waals surface area contributed by atoms with Crippen LogP contribution in [0.5, 0.6) is 5.75 Å². The topological polar surface area (TPSA) is 53.6 Å². The first-order valence-corrected chi connectivity index (χ1v) is 7.58. The van der Waals surface area contributed by atoms with Gasteiger partial charge in [0.05, 0.1) is 13.7 Å². The van der Waals surface area contributed by atoms with Gasteiger partial charge in [-0.1, -0.05) is 6.92 Å². The molecule has 1 aliphatic heterocycles. The smallest absolute Gasteiger partial charge is 0.238 e. The molecule has 1 heterocycles. The van der Waals surface area contributed by atoms with E-state index in [0.717, 1.165) is 31.1 Å². The largest absolute Gasteiger partial charge is 0.497 e. The maximum absolute atomic E-state index is 11.8. The number of nitrogens with one attached hydrogen (secondary N) is 2. The van der Waals surface area contributed by atoms with Gasteiger partial charge >= 0.3 is 0 Å². The normalized spacial score (nSPS) is 18.7. The molecule has 1 atom stereocenters. The lowest BCUT2D eigenvalue weighted by atomic mass is 10.1. The van der Waals surface area contributed by atoms with Crippen molar-refractivity contribution in [2.75, 3.05) is 45.2 Å². The molecule has 2 rings (SSSR count). The van der Waals surface area contributed by atoms with Gasteiger partial charge in [-0.15, -0.1) is 0 Å². The maximum Gasteiger partial charge on any atom is 0.238 e. The predicted molar refractivity (Wildman–Crippen MR) is 84.7 cm³/mol. The third kappa shape index (κ3) is 5.02. The summed E-state index contributed by atoms with van der Waals surface area (Å²) < 4.78 is 5.08. The predicted octanol–water partition coefficient (Wildman–Crippen LogP) is 1.57. The molecule has 0 aromatic heterocycles. The van der Waals surface area contributed by atoms with E-state index in [-0.39, 0.29) is 5.91 Å². The van der Waals surface area contributed by atoms with Crippen molar-refractivity contribution >= 4 is 11.6 Å². The van der Waals surface area contributed by atoms with Crippen LogP contribution in [0.15, 0.2) is 24.3 Å². The third-order valence-electron chi connectivity index (χ3n) is 3.91. The first-order valence-electron chi connectivity index (χ1n) is 7.58. The van der Waals surface area contributed by atoms with Gasteiger partial charge in [0.2, 0.25) is 5.91 Å². The monoisotopic (exact) mass is 291 g/mol. The van der Waals surface area contributed by atoms with Gasteiger partial charge in [0.15, 0.2) is 0 Å². The van der Waals surface area contributed by atoms with Gasteiger partial charge in [-0.05, 0) is 56.2 Å². The molecule has 1 saturated heterocycles. The lowest BCUT2D eigenvalue weighted by Crippen LogP contribution is -2.32. The second-order valence-electron chi connectivity index (χ2n) is 5.46. The first kappa shape index (κ1) is 15.8. The summed E-state index contributed by atoms with van der Waals surface area (Å²) in [6, 6.07) is 7.35. The lowest BCUT2D eigenvalue weighted by molar-refractivity contribution is -0.115. The van der Waals surface area contributed by atoms with Gasteiger partial charge in [-0.3, -0.25) is 4.79 Å². The number of amides is 1. The van der Waals surface area contributed by atoms with E-state index in [4.69, 9.17) is 4.74 Å². The zero-order chi connectivity index (χ0) is 15.1. The molecular weight excluding hydrogens is 266 g/mol. The van der Waals surface area contributed by atoms with E-state index in [1.807, 2.05) is 24.3 Å². The minimum atomic E-state index is -0.00879. The molecule has 1 aromatic rings. The number of ether oxygens (including phenoxy) is 1. The quantitative estimate of drug-likeness (QED) is 0.800. The number of rotatable bonds is 7. The average Bonchev–Trinajstić information content (AvgIpc) is 2.96. The van der Waals surface area contributed by atoms with Crippen molar-refractivity contribution in [3.05, 3.63) is 24.3 Å². The van der Waals surface area contributed by atoms with Crippen LogP contribution in [0.2, 0.25) is 0 Å². The summed E-state index contributed by atoms with van der Waals surface area (Å²) in [5.74, 6) is 1.44. The number of hydrogen-bond acceptors (Lipinski definition) is 4. The highest BCUT2D eigenvalue weighted by Crippen LogP contribution is 2.15. The van der Waals surface area contributed by atoms with Crippen LogP contribution >= 0.6 is 0 Å². The molecule has 0 bridgehead atoms. The molecular formula is C16H25N3O2. The molecule has 21 heavy (non-hydrogen) atoms. The Labute approximate surface area is 126 Å². The van der Waals surface area contributed by atoms with Crippen molar-refractivity contribution in [1.82, 2.24) is 10.2 Å². The number of anilines is 1. The fourth-order valence-corrected chi connectivity index (χ4v) is 2.64. The van der Waals surface area contributed by atoms with Crippen molar-refractivity contribution in [2.24, 2.45) is 5.92 Å². The Hall–Kier alpha value is -1.59. The molecule has 1 unspecified atom stereocenters. The summed E-state index contributed by atoms with van der Waals surface area (Å²) in [5, 5.41) is 6.12. The molecule has 1 fully saturated rings. The molecule has 0 radical (unpaired) electrons. The Balaban J connectivity index is 1.65. The molecule has 116 valence electrons. The van der Waals surface area contributed by atoms with Gasteiger partial charge in [0, 0.05) is 12.2 Å². The Bertz CT molecular complexity index is 447. The lowest BCUT2D eigenvalue weighted by Gasteiger charge is -2.13. The SMILES string of the molecule is CCN1CCC(CNCC(=O)Nc2ccc(OC)cc2)C1. The molecule has 1 amide bonds. The van der Waals surface area contributed by atoms with Crippen molar-refractivity contribution in [3.63, 3.8) is 0 Å². The van der Waals surface area contributed by atoms with Gasteiger partial charge in [0.1, 0.15) is 5.75 Å². The Morgan fingerprint density at radius 2 is 2.14 bits per heavy atom. The van der Waals surface area contributed by atoms with E-state index in [0.29, 0.717) is 12.5 Å². The molecule has 1 aromatic carbocycles. The van der Waals surface area contributed by atoms with Gasteiger partial charge in [-0.2, -0.15) is 0 Å². The minimum absolute atomic E-state index is 0.00879. The molecule has 0 saturated carbocycles. The summed E-state index contributed by atoms with van der Waals surface area (Å²) in [6.45, 7) is 6.90. The van der Waals surface area contributed by atoms with E-state index in [2.05, 4.69) is 22.5 Å². The highest BCUT2D eigenvalue weighted by atomic mass is 16.5. The number of methoxy groups -OCH3 is 1. The van der Waals surface area contributed by atoms with Crippen molar-refractivity contribution in [1.29, 1.82) is 0 Å². The zero-order valence-corrected chi connectivity index (χ0v) is 12.9. The van der Waals surface area contributed by atoms with Crippen molar-refractivity contribution in [2.45, 2.75) is 13.3 Å². The number of hydrogen-bond donors (Lipinski definition) is 2. The second-order valence-corrected chi connectivity index (χ2v) is 5.46. The fourth-order valence-electron chi connectivity index (χ4n) is 2.64. The molecule has 5 nitrogen and oxygen atoms in total. The summed E-state index contributed by atoms with van der Waals surface area (Å²) >= 11 is 0. The first-order chi connectivity index (χ1) is 10.2. The standard InChI is InChI=1S/C16H25N3O2/c1-3-19-9-8-13(12-19)10-17-11-16(20)18-14-4-6-15(21-2)7-5-14/h4-7,13,17H,3,8-12H2,1-2H3,(H,18,20). The molecule has 0 spiro atoms. The van der Waals surface area contributed by atoms with E-state index in [9.17, 15) is 4.79 Å². The van der Waals surface area contributed by atoms with Crippen molar-refractivity contribution < 1.29 is 9.53 Å². The average molecular weight is 291 g/mol. The number of likely N-dealkylation sites (tertiary alicyclic amines) is 1. The summed E-state index contributed by atoms with van der Waals surface area (Å²) in [6.07, 6.45) is 1.22. The maximum atomic E-state index is 11.8. The highest BCUT2D eigenvalue weighted by Gasteiger charge is 2.20. The zero-order valence-electron chi connectivity index (χ0n) is 12.9. The van der Waals surface area contributed by atoms with E-state index in [1.54, 1.807) is 7.11 Å². The Morgan fingerprint density at radius 1 is 1.38 bits per heavy atom. The van der Waals surface area contributed by atoms with Gasteiger partial charge in [-0.25, -0.2) is 0 Å². The van der Waals surface area contributed by atoms with Crippen LogP contribution in [0, 0.1) is 5.92 Å². The van der Waals surface area contributed by atoms with Gasteiger partial charge in [0.25, 0.3) is 0 Å². The van der Waals surface area contributed by atoms with Gasteiger partial charge < -0.3 is 20.3 Å². The Morgan fingerprint density at radius 3 is 2.76 bits per heavy atom. The van der Waals surface area contributed by atoms with E-state index >= 15 is 0 Å². The summed E-state index contributed by atoms with van der Waals surface area (Å²) in [4.78, 5) is 14.3. The highest BCUT2D eigenvalue weighted by molar-refractivity contribution is 5.92. The van der Waals surface area contributed by atoms with Crippen LogP contribution in [0.3, 0.4) is 0 Å². The molecule has 5 heteroatoms.